The van der Waals surface area contributed by atoms with Gasteiger partial charge in [0.1, 0.15) is 11.3 Å². The topological polar surface area (TPSA) is 196 Å². The molecule has 0 aromatic heterocycles. The van der Waals surface area contributed by atoms with Crippen LogP contribution in [0.5, 0.6) is 0 Å². The Bertz CT molecular complexity index is 870. The van der Waals surface area contributed by atoms with E-state index >= 15 is 0 Å². The van der Waals surface area contributed by atoms with Gasteiger partial charge in [0.05, 0.1) is 27.2 Å². The Morgan fingerprint density at radius 2 is 1.81 bits per heavy atom. The van der Waals surface area contributed by atoms with Crippen LogP contribution in [0.1, 0.15) is 33.6 Å². The number of rotatable bonds is 14. The zero-order valence-corrected chi connectivity index (χ0v) is 22.6. The van der Waals surface area contributed by atoms with Crippen molar-refractivity contribution in [3.63, 3.8) is 0 Å². The highest BCUT2D eigenvalue weighted by molar-refractivity contribution is 8.00. The number of hydrogen-bond acceptors (Lipinski definition) is 11. The second-order valence-electron chi connectivity index (χ2n) is 8.49. The predicted octanol–water partition coefficient (Wildman–Crippen LogP) is 0.0592. The fourth-order valence-corrected chi connectivity index (χ4v) is 5.74. The number of ether oxygens (including phenoxy) is 2. The third-order valence-corrected chi connectivity index (χ3v) is 7.83. The maximum atomic E-state index is 12.9. The Labute approximate surface area is 213 Å². The maximum absolute atomic E-state index is 12.9. The molecule has 4 N–H and O–H groups in total. The maximum Gasteiger partial charge on any atom is 0.407 e. The predicted molar refractivity (Wildman–Crippen MR) is 128 cm³/mol. The summed E-state index contributed by atoms with van der Waals surface area (Å²) in [4.78, 5) is 58.8. The van der Waals surface area contributed by atoms with Crippen molar-refractivity contribution in [1.82, 2.24) is 15.7 Å². The Balaban J connectivity index is 2.48. The molecule has 0 saturated carbocycles. The van der Waals surface area contributed by atoms with E-state index in [1.165, 1.54) is 21.1 Å². The first-order valence-electron chi connectivity index (χ1n) is 11.0. The second-order valence-corrected chi connectivity index (χ2v) is 11.5. The lowest BCUT2D eigenvalue weighted by atomic mass is 9.87. The summed E-state index contributed by atoms with van der Waals surface area (Å²) < 4.78 is 32.7. The van der Waals surface area contributed by atoms with Crippen LogP contribution in [0.4, 0.5) is 0 Å². The number of carboxylic acids is 1. The number of carbonyl (C=O) groups excluding carboxylic acids is 4. The van der Waals surface area contributed by atoms with Gasteiger partial charge in [0.15, 0.2) is 6.10 Å². The Kier molecular flexibility index (Phi) is 12.8. The smallest absolute Gasteiger partial charge is 0.407 e. The highest BCUT2D eigenvalue weighted by atomic mass is 32.2. The van der Waals surface area contributed by atoms with Crippen LogP contribution in [0.3, 0.4) is 0 Å². The fraction of sp³-hybridized carbons (Fsp3) is 0.750. The van der Waals surface area contributed by atoms with Gasteiger partial charge in [0, 0.05) is 30.7 Å². The molecule has 2 unspecified atom stereocenters. The summed E-state index contributed by atoms with van der Waals surface area (Å²) >= 11 is 0.995. The number of thioether (sulfide) groups is 1. The van der Waals surface area contributed by atoms with E-state index in [9.17, 15) is 28.5 Å². The number of amides is 2. The van der Waals surface area contributed by atoms with E-state index in [0.29, 0.717) is 0 Å². The summed E-state index contributed by atoms with van der Waals surface area (Å²) in [6.45, 7) is 4.80. The Morgan fingerprint density at radius 3 is 2.39 bits per heavy atom. The van der Waals surface area contributed by atoms with E-state index in [2.05, 4.69) is 25.2 Å². The summed E-state index contributed by atoms with van der Waals surface area (Å²) in [5.41, 5.74) is -0.849. The monoisotopic (exact) mass is 555 g/mol. The van der Waals surface area contributed by atoms with Crippen LogP contribution in [-0.4, -0.2) is 91.9 Å². The molecular weight excluding hydrogens is 521 g/mol. The summed E-state index contributed by atoms with van der Waals surface area (Å²) in [6.07, 6.45) is -1.54. The van der Waals surface area contributed by atoms with Crippen molar-refractivity contribution in [1.29, 1.82) is 0 Å². The van der Waals surface area contributed by atoms with E-state index in [1.807, 2.05) is 0 Å². The second kappa shape index (κ2) is 14.5. The molecule has 0 aromatic carbocycles. The number of aliphatic carboxylic acids is 1. The van der Waals surface area contributed by atoms with Gasteiger partial charge < -0.3 is 25.2 Å². The first kappa shape index (κ1) is 31.8. The van der Waals surface area contributed by atoms with Crippen molar-refractivity contribution >= 4 is 49.2 Å². The Hall–Kier alpha value is -2.19. The molecular formula is C20H34N3O11PS. The van der Waals surface area contributed by atoms with Crippen LogP contribution in [0.2, 0.25) is 0 Å². The molecule has 1 aliphatic heterocycles. The van der Waals surface area contributed by atoms with E-state index in [1.54, 1.807) is 13.8 Å². The van der Waals surface area contributed by atoms with E-state index in [4.69, 9.17) is 14.2 Å². The highest BCUT2D eigenvalue weighted by Crippen LogP contribution is 2.53. The molecule has 1 saturated heterocycles. The standard InChI is InChI=1S/C20H34N3O11PS/c1-12(19(29)32-5)23-35(30)33-11-20(2,3)16(34-35)17(26)22-7-6-14(24)21-8-9-36-13(18(27)28)10-15(25)31-4/h12-13,16H,6-11H2,1-5H3,(H,21,24)(H,22,26)(H,23,30)(H,27,28)/t12-,13?,16-,35?/m0/s1. The van der Waals surface area contributed by atoms with Crippen molar-refractivity contribution < 1.29 is 52.2 Å². The first-order chi connectivity index (χ1) is 16.7. The third kappa shape index (κ3) is 10.4. The average Bonchev–Trinajstić information content (AvgIpc) is 2.81. The fourth-order valence-electron chi connectivity index (χ4n) is 2.90. The molecule has 0 aliphatic carbocycles. The summed E-state index contributed by atoms with van der Waals surface area (Å²) in [5, 5.41) is 15.7. The van der Waals surface area contributed by atoms with E-state index in [-0.39, 0.29) is 44.2 Å². The molecule has 36 heavy (non-hydrogen) atoms. The molecule has 0 aromatic rings. The number of hydrogen-bond donors (Lipinski definition) is 4. The number of nitrogens with one attached hydrogen (secondary N) is 3. The van der Waals surface area contributed by atoms with Gasteiger partial charge in [0.2, 0.25) is 11.8 Å². The zero-order valence-electron chi connectivity index (χ0n) is 20.9. The lowest BCUT2D eigenvalue weighted by Gasteiger charge is -2.40. The van der Waals surface area contributed by atoms with Crippen molar-refractivity contribution in [2.24, 2.45) is 5.41 Å². The largest absolute Gasteiger partial charge is 0.480 e. The minimum absolute atomic E-state index is 0.0367. The van der Waals surface area contributed by atoms with Crippen LogP contribution >= 0.6 is 19.5 Å². The number of carboxylic acid groups (broad SMARTS) is 1. The van der Waals surface area contributed by atoms with Crippen molar-refractivity contribution in [2.75, 3.05) is 39.7 Å². The van der Waals surface area contributed by atoms with Gasteiger partial charge in [-0.2, -0.15) is 0 Å². The van der Waals surface area contributed by atoms with Crippen molar-refractivity contribution in [3.05, 3.63) is 0 Å². The van der Waals surface area contributed by atoms with E-state index < -0.39 is 54.4 Å². The van der Waals surface area contributed by atoms with Crippen molar-refractivity contribution in [2.45, 2.75) is 51.0 Å². The van der Waals surface area contributed by atoms with Crippen LogP contribution in [0, 0.1) is 5.41 Å². The summed E-state index contributed by atoms with van der Waals surface area (Å²) in [7, 11) is -1.65. The zero-order chi connectivity index (χ0) is 27.5. The minimum Gasteiger partial charge on any atom is -0.480 e. The van der Waals surface area contributed by atoms with Gasteiger partial charge in [0.25, 0.3) is 0 Å². The molecule has 14 nitrogen and oxygen atoms in total. The normalized spacial score (nSPS) is 22.5. The molecule has 206 valence electrons. The first-order valence-corrected chi connectivity index (χ1v) is 13.6. The molecule has 1 fully saturated rings. The SMILES string of the molecule is COC(=O)CC(SCCNC(=O)CCNC(=O)[C@@H]1OP(=O)(N[C@@H](C)C(=O)OC)OCC1(C)C)C(=O)O. The molecule has 0 bridgehead atoms. The lowest BCUT2D eigenvalue weighted by Crippen LogP contribution is -2.51. The average molecular weight is 556 g/mol. The van der Waals surface area contributed by atoms with Gasteiger partial charge in [-0.3, -0.25) is 33.0 Å². The molecule has 1 heterocycles. The number of carbonyl (C=O) groups is 5. The van der Waals surface area contributed by atoms with Gasteiger partial charge in [-0.25, -0.2) is 9.65 Å². The van der Waals surface area contributed by atoms with Crippen LogP contribution in [0.25, 0.3) is 0 Å². The number of methoxy groups -OCH3 is 2. The van der Waals surface area contributed by atoms with Crippen molar-refractivity contribution in [3.8, 4) is 0 Å². The highest BCUT2D eigenvalue weighted by Gasteiger charge is 2.48. The molecule has 2 amide bonds. The lowest BCUT2D eigenvalue weighted by molar-refractivity contribution is -0.145. The van der Waals surface area contributed by atoms with Crippen LogP contribution in [0.15, 0.2) is 0 Å². The van der Waals surface area contributed by atoms with Gasteiger partial charge in [-0.1, -0.05) is 13.8 Å². The molecule has 1 rings (SSSR count). The van der Waals surface area contributed by atoms with Crippen LogP contribution < -0.4 is 15.7 Å². The molecule has 16 heteroatoms. The molecule has 1 aliphatic rings. The molecule has 0 spiro atoms. The summed E-state index contributed by atoms with van der Waals surface area (Å²) in [6, 6.07) is -1.00. The quantitative estimate of drug-likeness (QED) is 0.128. The van der Waals surface area contributed by atoms with Gasteiger partial charge in [-0.05, 0) is 6.92 Å². The minimum atomic E-state index is -3.99. The Morgan fingerprint density at radius 1 is 1.14 bits per heavy atom. The van der Waals surface area contributed by atoms with Gasteiger partial charge in [-0.15, -0.1) is 11.8 Å². The molecule has 0 radical (unpaired) electrons. The molecule has 4 atom stereocenters. The van der Waals surface area contributed by atoms with Crippen LogP contribution in [-0.2, 0) is 47.1 Å². The third-order valence-electron chi connectivity index (χ3n) is 4.95. The summed E-state index contributed by atoms with van der Waals surface area (Å²) in [5.74, 6) is -3.22. The number of esters is 2. The van der Waals surface area contributed by atoms with Gasteiger partial charge >= 0.3 is 25.7 Å². The van der Waals surface area contributed by atoms with E-state index in [0.717, 1.165) is 11.8 Å².